The van der Waals surface area contributed by atoms with Crippen LogP contribution in [0.15, 0.2) is 47.4 Å². The molecule has 0 unspecified atom stereocenters. The van der Waals surface area contributed by atoms with Crippen molar-refractivity contribution in [3.8, 4) is 5.75 Å². The van der Waals surface area contributed by atoms with E-state index in [2.05, 4.69) is 4.72 Å². The number of benzene rings is 2. The smallest absolute Gasteiger partial charge is 0.471 e. The second-order valence-electron chi connectivity index (χ2n) is 7.55. The van der Waals surface area contributed by atoms with E-state index >= 15 is 0 Å². The molecular formula is C22H26F3N3O5S. The number of piperazine rings is 1. The molecule has 1 saturated heterocycles. The maximum Gasteiger partial charge on any atom is 0.471 e. The number of amides is 1. The average molecular weight is 502 g/mol. The molecular weight excluding hydrogens is 475 g/mol. The summed E-state index contributed by atoms with van der Waals surface area (Å²) < 4.78 is 77.4. The molecule has 0 saturated carbocycles. The van der Waals surface area contributed by atoms with Gasteiger partial charge in [0, 0.05) is 38.5 Å². The summed E-state index contributed by atoms with van der Waals surface area (Å²) in [6.07, 6.45) is -4.93. The number of nitrogens with one attached hydrogen (secondary N) is 1. The number of alkyl halides is 3. The summed E-state index contributed by atoms with van der Waals surface area (Å²) in [5, 5.41) is 0. The molecule has 1 amide bonds. The molecule has 34 heavy (non-hydrogen) atoms. The number of sulfonamides is 1. The first-order chi connectivity index (χ1) is 16.0. The van der Waals surface area contributed by atoms with Crippen molar-refractivity contribution in [2.75, 3.05) is 49.5 Å². The van der Waals surface area contributed by atoms with Gasteiger partial charge in [-0.05, 0) is 42.8 Å². The summed E-state index contributed by atoms with van der Waals surface area (Å²) in [4.78, 5) is 13.9. The summed E-state index contributed by atoms with van der Waals surface area (Å²) in [7, 11) is -2.55. The van der Waals surface area contributed by atoms with E-state index in [9.17, 15) is 26.4 Å². The molecule has 2 aromatic carbocycles. The molecule has 3 rings (SSSR count). The molecule has 0 radical (unpaired) electrons. The maximum absolute atomic E-state index is 13.0. The number of ether oxygens (including phenoxy) is 2. The van der Waals surface area contributed by atoms with Crippen molar-refractivity contribution in [2.24, 2.45) is 0 Å². The first-order valence-electron chi connectivity index (χ1n) is 10.5. The van der Waals surface area contributed by atoms with Crippen molar-refractivity contribution in [2.45, 2.75) is 24.6 Å². The largest absolute Gasteiger partial charge is 0.495 e. The molecule has 12 heteroatoms. The van der Waals surface area contributed by atoms with Gasteiger partial charge in [0.2, 0.25) is 0 Å². The zero-order valence-electron chi connectivity index (χ0n) is 18.8. The lowest BCUT2D eigenvalue weighted by Crippen LogP contribution is -2.52. The number of anilines is 2. The van der Waals surface area contributed by atoms with Gasteiger partial charge in [-0.3, -0.25) is 9.52 Å². The lowest BCUT2D eigenvalue weighted by atomic mass is 10.2. The Morgan fingerprint density at radius 3 is 2.41 bits per heavy atom. The molecule has 1 N–H and O–H groups in total. The van der Waals surface area contributed by atoms with Crippen molar-refractivity contribution in [1.29, 1.82) is 0 Å². The Hall–Kier alpha value is -2.99. The van der Waals surface area contributed by atoms with Gasteiger partial charge in [0.1, 0.15) is 5.75 Å². The first-order valence-corrected chi connectivity index (χ1v) is 12.0. The van der Waals surface area contributed by atoms with Gasteiger partial charge in [-0.2, -0.15) is 13.2 Å². The fourth-order valence-electron chi connectivity index (χ4n) is 3.57. The lowest BCUT2D eigenvalue weighted by molar-refractivity contribution is -0.185. The fourth-order valence-corrected chi connectivity index (χ4v) is 4.64. The molecule has 1 heterocycles. The van der Waals surface area contributed by atoms with Crippen molar-refractivity contribution in [3.05, 3.63) is 48.0 Å². The van der Waals surface area contributed by atoms with E-state index in [0.29, 0.717) is 30.3 Å². The third-order valence-electron chi connectivity index (χ3n) is 5.26. The molecule has 1 fully saturated rings. The molecule has 8 nitrogen and oxygen atoms in total. The number of rotatable bonds is 8. The van der Waals surface area contributed by atoms with Crippen molar-refractivity contribution < 1.29 is 35.9 Å². The monoisotopic (exact) mass is 501 g/mol. The normalized spacial score (nSPS) is 14.7. The molecule has 1 aliphatic rings. The van der Waals surface area contributed by atoms with Crippen LogP contribution in [-0.4, -0.2) is 65.3 Å². The van der Waals surface area contributed by atoms with Crippen LogP contribution in [0.1, 0.15) is 12.5 Å². The summed E-state index contributed by atoms with van der Waals surface area (Å²) >= 11 is 0. The second kappa shape index (κ2) is 10.5. The number of nitrogens with zero attached hydrogens (tertiary/aromatic N) is 2. The minimum atomic E-state index is -4.93. The summed E-state index contributed by atoms with van der Waals surface area (Å²) in [5.41, 5.74) is 1.59. The Labute approximate surface area is 196 Å². The quantitative estimate of drug-likeness (QED) is 0.598. The molecule has 1 aliphatic heterocycles. The Kier molecular flexibility index (Phi) is 7.93. The van der Waals surface area contributed by atoms with E-state index in [1.165, 1.54) is 25.3 Å². The Balaban J connectivity index is 1.79. The average Bonchev–Trinajstić information content (AvgIpc) is 2.81. The molecule has 0 aliphatic carbocycles. The van der Waals surface area contributed by atoms with Crippen LogP contribution >= 0.6 is 0 Å². The van der Waals surface area contributed by atoms with Gasteiger partial charge in [0.25, 0.3) is 10.0 Å². The zero-order chi connectivity index (χ0) is 24.9. The van der Waals surface area contributed by atoms with Crippen LogP contribution in [0.4, 0.5) is 24.5 Å². The molecule has 0 bridgehead atoms. The van der Waals surface area contributed by atoms with Crippen LogP contribution in [-0.2, 0) is 26.2 Å². The van der Waals surface area contributed by atoms with Gasteiger partial charge >= 0.3 is 12.1 Å². The van der Waals surface area contributed by atoms with Gasteiger partial charge in [-0.15, -0.1) is 0 Å². The van der Waals surface area contributed by atoms with E-state index in [1.54, 1.807) is 23.1 Å². The summed E-state index contributed by atoms with van der Waals surface area (Å²) in [5.74, 6) is -1.51. The molecule has 0 spiro atoms. The number of hydrogen-bond acceptors (Lipinski definition) is 6. The SMILES string of the molecule is CCOCc1cccc(NS(=O)(=O)c2ccc(OC)c(N3CCN(C(=O)C(F)(F)F)CC3)c2)c1. The minimum Gasteiger partial charge on any atom is -0.495 e. The van der Waals surface area contributed by atoms with E-state index in [-0.39, 0.29) is 31.1 Å². The number of hydrogen-bond donors (Lipinski definition) is 1. The van der Waals surface area contributed by atoms with E-state index in [1.807, 2.05) is 13.0 Å². The minimum absolute atomic E-state index is 0.0349. The van der Waals surface area contributed by atoms with Gasteiger partial charge in [0.05, 0.1) is 24.3 Å². The lowest BCUT2D eigenvalue weighted by Gasteiger charge is -2.36. The molecule has 186 valence electrons. The van der Waals surface area contributed by atoms with E-state index in [0.717, 1.165) is 10.5 Å². The zero-order valence-corrected chi connectivity index (χ0v) is 19.6. The molecule has 2 aromatic rings. The fraction of sp³-hybridized carbons (Fsp3) is 0.409. The highest BCUT2D eigenvalue weighted by Crippen LogP contribution is 2.33. The number of carbonyl (C=O) groups excluding carboxylic acids is 1. The van der Waals surface area contributed by atoms with E-state index in [4.69, 9.17) is 9.47 Å². The summed E-state index contributed by atoms with van der Waals surface area (Å²) in [6.45, 7) is 2.63. The van der Waals surface area contributed by atoms with Crippen LogP contribution in [0.2, 0.25) is 0 Å². The number of halogens is 3. The van der Waals surface area contributed by atoms with E-state index < -0.39 is 22.1 Å². The maximum atomic E-state index is 13.0. The van der Waals surface area contributed by atoms with Crippen molar-refractivity contribution in [1.82, 2.24) is 4.90 Å². The highest BCUT2D eigenvalue weighted by molar-refractivity contribution is 7.92. The Morgan fingerprint density at radius 1 is 1.09 bits per heavy atom. The highest BCUT2D eigenvalue weighted by Gasteiger charge is 2.43. The predicted octanol–water partition coefficient (Wildman–Crippen LogP) is 3.24. The highest BCUT2D eigenvalue weighted by atomic mass is 32.2. The standard InChI is InChI=1S/C22H26F3N3O5S/c1-3-33-15-16-5-4-6-17(13-16)26-34(30,31)18-7-8-20(32-2)19(14-18)27-9-11-28(12-10-27)21(29)22(23,24)25/h4-8,13-14,26H,3,9-12,15H2,1-2H3. The van der Waals surface area contributed by atoms with Crippen LogP contribution in [0, 0.1) is 0 Å². The Morgan fingerprint density at radius 2 is 1.79 bits per heavy atom. The van der Waals surface area contributed by atoms with Crippen molar-refractivity contribution in [3.63, 3.8) is 0 Å². The third-order valence-corrected chi connectivity index (χ3v) is 6.64. The molecule has 0 atom stereocenters. The van der Waals surface area contributed by atoms with Crippen LogP contribution in [0.5, 0.6) is 5.75 Å². The first kappa shape index (κ1) is 25.6. The number of carbonyl (C=O) groups is 1. The topological polar surface area (TPSA) is 88.2 Å². The van der Waals surface area contributed by atoms with Crippen LogP contribution in [0.3, 0.4) is 0 Å². The van der Waals surface area contributed by atoms with Gasteiger partial charge in [0.15, 0.2) is 0 Å². The van der Waals surface area contributed by atoms with Crippen LogP contribution < -0.4 is 14.4 Å². The third kappa shape index (κ3) is 6.11. The van der Waals surface area contributed by atoms with Gasteiger partial charge in [-0.25, -0.2) is 8.42 Å². The number of methoxy groups -OCH3 is 1. The van der Waals surface area contributed by atoms with Crippen molar-refractivity contribution >= 4 is 27.3 Å². The summed E-state index contributed by atoms with van der Waals surface area (Å²) in [6, 6.07) is 11.1. The predicted molar refractivity (Wildman–Crippen MR) is 120 cm³/mol. The molecule has 0 aromatic heterocycles. The Bertz CT molecular complexity index is 1120. The second-order valence-corrected chi connectivity index (χ2v) is 9.24. The van der Waals surface area contributed by atoms with Gasteiger partial charge in [-0.1, -0.05) is 12.1 Å². The van der Waals surface area contributed by atoms with Crippen LogP contribution in [0.25, 0.3) is 0 Å². The van der Waals surface area contributed by atoms with Gasteiger partial charge < -0.3 is 19.3 Å².